The SMILES string of the molecule is O=C(O)[C@H]1CC=CC[C@H]1C(=O)Nc1ccc(O)c(F)c1. The van der Waals surface area contributed by atoms with Crippen molar-refractivity contribution in [3.05, 3.63) is 36.2 Å². The topological polar surface area (TPSA) is 86.6 Å². The van der Waals surface area contributed by atoms with Crippen molar-refractivity contribution in [2.75, 3.05) is 5.32 Å². The summed E-state index contributed by atoms with van der Waals surface area (Å²) in [4.78, 5) is 23.2. The number of aliphatic carboxylic acids is 1. The summed E-state index contributed by atoms with van der Waals surface area (Å²) in [7, 11) is 0. The van der Waals surface area contributed by atoms with Crippen LogP contribution in [-0.2, 0) is 9.59 Å². The van der Waals surface area contributed by atoms with Crippen LogP contribution in [-0.4, -0.2) is 22.1 Å². The molecule has 0 bridgehead atoms. The number of anilines is 1. The van der Waals surface area contributed by atoms with Gasteiger partial charge >= 0.3 is 5.97 Å². The highest BCUT2D eigenvalue weighted by molar-refractivity contribution is 5.95. The van der Waals surface area contributed by atoms with Crippen LogP contribution in [0.2, 0.25) is 0 Å². The molecule has 0 unspecified atom stereocenters. The monoisotopic (exact) mass is 279 g/mol. The van der Waals surface area contributed by atoms with Gasteiger partial charge in [0, 0.05) is 11.8 Å². The molecule has 0 aromatic heterocycles. The standard InChI is InChI=1S/C14H14FNO4/c15-11-7-8(5-6-12(11)17)16-13(18)9-3-1-2-4-10(9)14(19)20/h1-2,5-7,9-10,17H,3-4H2,(H,16,18)(H,19,20)/t9-,10+/m1/s1. The summed E-state index contributed by atoms with van der Waals surface area (Å²) in [6.07, 6.45) is 4.14. The number of nitrogens with one attached hydrogen (secondary N) is 1. The number of amides is 1. The van der Waals surface area contributed by atoms with Crippen LogP contribution in [0.5, 0.6) is 5.75 Å². The second-order valence-corrected chi connectivity index (χ2v) is 4.65. The van der Waals surface area contributed by atoms with E-state index in [1.54, 1.807) is 12.2 Å². The number of hydrogen-bond acceptors (Lipinski definition) is 3. The van der Waals surface area contributed by atoms with Gasteiger partial charge in [-0.15, -0.1) is 0 Å². The lowest BCUT2D eigenvalue weighted by Crippen LogP contribution is -2.34. The lowest BCUT2D eigenvalue weighted by molar-refractivity contribution is -0.146. The molecule has 1 aliphatic carbocycles. The number of carbonyl (C=O) groups excluding carboxylic acids is 1. The Morgan fingerprint density at radius 3 is 2.45 bits per heavy atom. The van der Waals surface area contributed by atoms with E-state index in [-0.39, 0.29) is 5.69 Å². The molecule has 0 saturated carbocycles. The summed E-state index contributed by atoms with van der Waals surface area (Å²) in [5, 5.41) is 20.6. The predicted molar refractivity (Wildman–Crippen MR) is 69.7 cm³/mol. The van der Waals surface area contributed by atoms with Crippen LogP contribution in [0.15, 0.2) is 30.4 Å². The van der Waals surface area contributed by atoms with Crippen LogP contribution in [0.4, 0.5) is 10.1 Å². The summed E-state index contributed by atoms with van der Waals surface area (Å²) >= 11 is 0. The third-order valence-electron chi connectivity index (χ3n) is 3.30. The van der Waals surface area contributed by atoms with Gasteiger partial charge in [0.1, 0.15) is 0 Å². The summed E-state index contributed by atoms with van der Waals surface area (Å²) in [5.74, 6) is -4.30. The molecule has 0 saturated heterocycles. The van der Waals surface area contributed by atoms with Gasteiger partial charge < -0.3 is 15.5 Å². The maximum absolute atomic E-state index is 13.2. The molecule has 2 rings (SSSR count). The average molecular weight is 279 g/mol. The third kappa shape index (κ3) is 2.96. The van der Waals surface area contributed by atoms with Crippen molar-refractivity contribution < 1.29 is 24.2 Å². The van der Waals surface area contributed by atoms with E-state index in [0.717, 1.165) is 12.1 Å². The Balaban J connectivity index is 2.12. The number of phenols is 1. The Bertz CT molecular complexity index is 570. The van der Waals surface area contributed by atoms with Gasteiger partial charge in [0.2, 0.25) is 5.91 Å². The lowest BCUT2D eigenvalue weighted by Gasteiger charge is -2.24. The zero-order valence-corrected chi connectivity index (χ0v) is 10.5. The van der Waals surface area contributed by atoms with Crippen molar-refractivity contribution in [3.63, 3.8) is 0 Å². The molecule has 2 atom stereocenters. The second kappa shape index (κ2) is 5.73. The summed E-state index contributed by atoms with van der Waals surface area (Å²) < 4.78 is 13.2. The molecule has 1 aromatic rings. The first-order chi connectivity index (χ1) is 9.49. The fraction of sp³-hybridized carbons (Fsp3) is 0.286. The van der Waals surface area contributed by atoms with Crippen molar-refractivity contribution in [1.82, 2.24) is 0 Å². The highest BCUT2D eigenvalue weighted by Crippen LogP contribution is 2.28. The normalized spacial score (nSPS) is 21.4. The van der Waals surface area contributed by atoms with Crippen LogP contribution in [0.3, 0.4) is 0 Å². The molecule has 0 fully saturated rings. The van der Waals surface area contributed by atoms with Crippen LogP contribution >= 0.6 is 0 Å². The van der Waals surface area contributed by atoms with E-state index < -0.39 is 35.3 Å². The fourth-order valence-corrected chi connectivity index (χ4v) is 2.20. The van der Waals surface area contributed by atoms with Crippen molar-refractivity contribution in [3.8, 4) is 5.75 Å². The van der Waals surface area contributed by atoms with Gasteiger partial charge in [-0.05, 0) is 25.0 Å². The van der Waals surface area contributed by atoms with E-state index >= 15 is 0 Å². The van der Waals surface area contributed by atoms with E-state index in [4.69, 9.17) is 10.2 Å². The zero-order chi connectivity index (χ0) is 14.7. The first-order valence-electron chi connectivity index (χ1n) is 6.16. The van der Waals surface area contributed by atoms with Gasteiger partial charge in [-0.1, -0.05) is 12.2 Å². The van der Waals surface area contributed by atoms with Crippen LogP contribution in [0.1, 0.15) is 12.8 Å². The number of halogens is 1. The second-order valence-electron chi connectivity index (χ2n) is 4.65. The molecule has 0 radical (unpaired) electrons. The first kappa shape index (κ1) is 14.0. The Morgan fingerprint density at radius 1 is 1.20 bits per heavy atom. The van der Waals surface area contributed by atoms with Crippen molar-refractivity contribution in [1.29, 1.82) is 0 Å². The molecule has 5 nitrogen and oxygen atoms in total. The highest BCUT2D eigenvalue weighted by Gasteiger charge is 2.33. The summed E-state index contributed by atoms with van der Waals surface area (Å²) in [6.45, 7) is 0. The van der Waals surface area contributed by atoms with Crippen LogP contribution in [0.25, 0.3) is 0 Å². The number of allylic oxidation sites excluding steroid dienone is 2. The van der Waals surface area contributed by atoms with Gasteiger partial charge in [0.25, 0.3) is 0 Å². The number of hydrogen-bond donors (Lipinski definition) is 3. The number of carboxylic acids is 1. The van der Waals surface area contributed by atoms with Crippen molar-refractivity contribution in [2.24, 2.45) is 11.8 Å². The Morgan fingerprint density at radius 2 is 1.85 bits per heavy atom. The molecule has 0 spiro atoms. The quantitative estimate of drug-likeness (QED) is 0.584. The van der Waals surface area contributed by atoms with Crippen LogP contribution < -0.4 is 5.32 Å². The predicted octanol–water partition coefficient (Wildman–Crippen LogP) is 2.14. The molecule has 3 N–H and O–H groups in total. The number of phenolic OH excluding ortho intramolecular Hbond substituents is 1. The first-order valence-corrected chi connectivity index (χ1v) is 6.16. The molecule has 106 valence electrons. The molecule has 20 heavy (non-hydrogen) atoms. The Hall–Kier alpha value is -2.37. The minimum atomic E-state index is -1.02. The molecular formula is C14H14FNO4. The smallest absolute Gasteiger partial charge is 0.307 e. The summed E-state index contributed by atoms with van der Waals surface area (Å²) in [5.41, 5.74) is 0.184. The molecule has 1 aromatic carbocycles. The number of carboxylic acid groups (broad SMARTS) is 1. The molecule has 0 heterocycles. The number of benzene rings is 1. The molecular weight excluding hydrogens is 265 g/mol. The highest BCUT2D eigenvalue weighted by atomic mass is 19.1. The molecule has 1 aliphatic rings. The lowest BCUT2D eigenvalue weighted by atomic mass is 9.82. The van der Waals surface area contributed by atoms with Gasteiger partial charge in [-0.3, -0.25) is 9.59 Å². The van der Waals surface area contributed by atoms with Crippen LogP contribution in [0, 0.1) is 17.7 Å². The van der Waals surface area contributed by atoms with Gasteiger partial charge in [-0.2, -0.15) is 0 Å². The van der Waals surface area contributed by atoms with E-state index in [1.807, 2.05) is 0 Å². The molecule has 0 aliphatic heterocycles. The molecule has 6 heteroatoms. The largest absolute Gasteiger partial charge is 0.505 e. The van der Waals surface area contributed by atoms with Gasteiger partial charge in [-0.25, -0.2) is 4.39 Å². The number of aromatic hydroxyl groups is 1. The minimum Gasteiger partial charge on any atom is -0.505 e. The van der Waals surface area contributed by atoms with E-state index in [1.165, 1.54) is 6.07 Å². The zero-order valence-electron chi connectivity index (χ0n) is 10.5. The summed E-state index contributed by atoms with van der Waals surface area (Å²) in [6, 6.07) is 3.47. The van der Waals surface area contributed by atoms with E-state index in [0.29, 0.717) is 12.8 Å². The molecule has 1 amide bonds. The Kier molecular flexibility index (Phi) is 4.02. The van der Waals surface area contributed by atoms with Gasteiger partial charge in [0.05, 0.1) is 11.8 Å². The third-order valence-corrected chi connectivity index (χ3v) is 3.30. The van der Waals surface area contributed by atoms with Gasteiger partial charge in [0.15, 0.2) is 11.6 Å². The van der Waals surface area contributed by atoms with Crippen molar-refractivity contribution in [2.45, 2.75) is 12.8 Å². The van der Waals surface area contributed by atoms with E-state index in [2.05, 4.69) is 5.32 Å². The maximum Gasteiger partial charge on any atom is 0.307 e. The Labute approximate surface area is 114 Å². The minimum absolute atomic E-state index is 0.184. The van der Waals surface area contributed by atoms with E-state index in [9.17, 15) is 14.0 Å². The number of rotatable bonds is 3. The fourth-order valence-electron chi connectivity index (χ4n) is 2.20. The average Bonchev–Trinajstić information content (AvgIpc) is 2.43. The maximum atomic E-state index is 13.2. The van der Waals surface area contributed by atoms with Crippen molar-refractivity contribution >= 4 is 17.6 Å². The number of carbonyl (C=O) groups is 2.